The summed E-state index contributed by atoms with van der Waals surface area (Å²) in [6.07, 6.45) is 0. The minimum atomic E-state index is -0.801. The van der Waals surface area contributed by atoms with Gasteiger partial charge in [-0.2, -0.15) is 0 Å². The molecule has 3 heteroatoms. The molecule has 2 aromatic carbocycles. The summed E-state index contributed by atoms with van der Waals surface area (Å²) in [5.41, 5.74) is 1.51. The molecule has 0 aromatic heterocycles. The zero-order valence-corrected chi connectivity index (χ0v) is 11.7. The second kappa shape index (κ2) is 6.62. The minimum Gasteiger partial charge on any atom is -0.306 e. The van der Waals surface area contributed by atoms with Crippen LogP contribution in [-0.4, -0.2) is 0 Å². The Labute approximate surface area is 118 Å². The highest BCUT2D eigenvalue weighted by molar-refractivity contribution is 5.22. The molecule has 0 spiro atoms. The van der Waals surface area contributed by atoms with Gasteiger partial charge in [-0.05, 0) is 17.5 Å². The number of nitrogens with one attached hydrogen (secondary N) is 1. The molecule has 0 aliphatic rings. The molecule has 1 nitrogen and oxygen atoms in total. The van der Waals surface area contributed by atoms with Crippen molar-refractivity contribution in [3.8, 4) is 0 Å². The first kappa shape index (κ1) is 14.7. The molecule has 2 aromatic rings. The molecule has 2 rings (SSSR count). The van der Waals surface area contributed by atoms with Gasteiger partial charge in [0.05, 0.1) is 0 Å². The lowest BCUT2D eigenvalue weighted by Crippen LogP contribution is -2.25. The van der Waals surface area contributed by atoms with Crippen molar-refractivity contribution in [2.75, 3.05) is 0 Å². The maximum atomic E-state index is 13.6. The third kappa shape index (κ3) is 3.42. The monoisotopic (exact) mass is 275 g/mol. The Balaban J connectivity index is 2.12. The summed E-state index contributed by atoms with van der Waals surface area (Å²) < 4.78 is 26.8. The minimum absolute atomic E-state index is 0.110. The van der Waals surface area contributed by atoms with E-state index in [1.54, 1.807) is 6.07 Å². The van der Waals surface area contributed by atoms with Gasteiger partial charge in [-0.25, -0.2) is 8.78 Å². The summed E-state index contributed by atoms with van der Waals surface area (Å²) in [6, 6.07) is 14.4. The lowest BCUT2D eigenvalue weighted by atomic mass is 9.96. The summed E-state index contributed by atoms with van der Waals surface area (Å²) >= 11 is 0. The van der Waals surface area contributed by atoms with Crippen molar-refractivity contribution in [1.29, 1.82) is 0 Å². The van der Waals surface area contributed by atoms with Crippen molar-refractivity contribution in [2.24, 2.45) is 5.92 Å². The van der Waals surface area contributed by atoms with E-state index in [9.17, 15) is 8.78 Å². The Bertz CT molecular complexity index is 552. The number of hydrogen-bond acceptors (Lipinski definition) is 1. The van der Waals surface area contributed by atoms with Gasteiger partial charge in [0.1, 0.15) is 0 Å². The Morgan fingerprint density at radius 1 is 0.950 bits per heavy atom. The highest BCUT2D eigenvalue weighted by Crippen LogP contribution is 2.22. The molecule has 0 heterocycles. The first-order valence-corrected chi connectivity index (χ1v) is 6.81. The fourth-order valence-electron chi connectivity index (χ4n) is 2.30. The molecule has 1 N–H and O–H groups in total. The first-order chi connectivity index (χ1) is 9.59. The summed E-state index contributed by atoms with van der Waals surface area (Å²) in [5, 5.41) is 3.31. The summed E-state index contributed by atoms with van der Waals surface area (Å²) in [6.45, 7) is 4.51. The van der Waals surface area contributed by atoms with Gasteiger partial charge in [0.15, 0.2) is 11.6 Å². The van der Waals surface area contributed by atoms with Crippen LogP contribution in [0.4, 0.5) is 8.78 Å². The predicted molar refractivity (Wildman–Crippen MR) is 77.2 cm³/mol. The number of rotatable bonds is 5. The second-order valence-corrected chi connectivity index (χ2v) is 5.23. The molecular formula is C17H19F2N. The quantitative estimate of drug-likeness (QED) is 0.850. The first-order valence-electron chi connectivity index (χ1n) is 6.81. The van der Waals surface area contributed by atoms with Crippen molar-refractivity contribution in [2.45, 2.75) is 26.4 Å². The summed E-state index contributed by atoms with van der Waals surface area (Å²) in [7, 11) is 0. The molecule has 1 atom stereocenters. The van der Waals surface area contributed by atoms with Crippen LogP contribution in [-0.2, 0) is 6.54 Å². The largest absolute Gasteiger partial charge is 0.306 e. The number of halogens is 2. The van der Waals surface area contributed by atoms with E-state index < -0.39 is 11.6 Å². The van der Waals surface area contributed by atoms with Gasteiger partial charge in [0.25, 0.3) is 0 Å². The molecule has 0 bridgehead atoms. The fourth-order valence-corrected chi connectivity index (χ4v) is 2.30. The van der Waals surface area contributed by atoms with Crippen LogP contribution < -0.4 is 5.32 Å². The van der Waals surface area contributed by atoms with Crippen LogP contribution in [0.2, 0.25) is 0 Å². The average Bonchev–Trinajstić information content (AvgIpc) is 2.44. The summed E-state index contributed by atoms with van der Waals surface area (Å²) in [5.74, 6) is -1.21. The Morgan fingerprint density at radius 3 is 2.30 bits per heavy atom. The number of hydrogen-bond donors (Lipinski definition) is 1. The van der Waals surface area contributed by atoms with Gasteiger partial charge in [-0.3, -0.25) is 0 Å². The molecule has 0 fully saturated rings. The van der Waals surface area contributed by atoms with Crippen LogP contribution in [0, 0.1) is 17.6 Å². The highest BCUT2D eigenvalue weighted by atomic mass is 19.2. The number of benzene rings is 2. The average molecular weight is 275 g/mol. The SMILES string of the molecule is CC(C)C(NCc1cccc(F)c1F)c1ccccc1. The van der Waals surface area contributed by atoms with E-state index in [-0.39, 0.29) is 6.04 Å². The predicted octanol–water partition coefficient (Wildman–Crippen LogP) is 4.45. The van der Waals surface area contributed by atoms with Gasteiger partial charge in [-0.1, -0.05) is 56.3 Å². The molecule has 106 valence electrons. The van der Waals surface area contributed by atoms with Crippen molar-refractivity contribution < 1.29 is 8.78 Å². The maximum Gasteiger partial charge on any atom is 0.163 e. The fraction of sp³-hybridized carbons (Fsp3) is 0.294. The Kier molecular flexibility index (Phi) is 4.85. The van der Waals surface area contributed by atoms with Gasteiger partial charge < -0.3 is 5.32 Å². The molecule has 0 saturated heterocycles. The zero-order chi connectivity index (χ0) is 14.5. The van der Waals surface area contributed by atoms with E-state index in [2.05, 4.69) is 19.2 Å². The lowest BCUT2D eigenvalue weighted by Gasteiger charge is -2.23. The van der Waals surface area contributed by atoms with Crippen LogP contribution in [0.5, 0.6) is 0 Å². The zero-order valence-electron chi connectivity index (χ0n) is 11.7. The highest BCUT2D eigenvalue weighted by Gasteiger charge is 2.16. The topological polar surface area (TPSA) is 12.0 Å². The van der Waals surface area contributed by atoms with Gasteiger partial charge in [0.2, 0.25) is 0 Å². The third-order valence-corrected chi connectivity index (χ3v) is 3.37. The lowest BCUT2D eigenvalue weighted by molar-refractivity contribution is 0.403. The molecule has 1 unspecified atom stereocenters. The smallest absolute Gasteiger partial charge is 0.163 e. The van der Waals surface area contributed by atoms with E-state index in [1.165, 1.54) is 6.07 Å². The van der Waals surface area contributed by atoms with Crippen molar-refractivity contribution in [3.05, 3.63) is 71.3 Å². The van der Waals surface area contributed by atoms with Crippen molar-refractivity contribution in [1.82, 2.24) is 5.32 Å². The molecule has 0 aliphatic heterocycles. The van der Waals surface area contributed by atoms with Crippen LogP contribution in [0.25, 0.3) is 0 Å². The standard InChI is InChI=1S/C17H19F2N/c1-12(2)17(13-7-4-3-5-8-13)20-11-14-9-6-10-15(18)16(14)19/h3-10,12,17,20H,11H2,1-2H3. The summed E-state index contributed by atoms with van der Waals surface area (Å²) in [4.78, 5) is 0. The van der Waals surface area contributed by atoms with Crippen LogP contribution >= 0.6 is 0 Å². The van der Waals surface area contributed by atoms with Crippen molar-refractivity contribution in [3.63, 3.8) is 0 Å². The van der Waals surface area contributed by atoms with Crippen LogP contribution in [0.15, 0.2) is 48.5 Å². The molecule has 0 radical (unpaired) electrons. The van der Waals surface area contributed by atoms with Crippen LogP contribution in [0.3, 0.4) is 0 Å². The van der Waals surface area contributed by atoms with E-state index in [1.807, 2.05) is 30.3 Å². The van der Waals surface area contributed by atoms with Crippen molar-refractivity contribution >= 4 is 0 Å². The van der Waals surface area contributed by atoms with Gasteiger partial charge >= 0.3 is 0 Å². The molecule has 0 saturated carbocycles. The third-order valence-electron chi connectivity index (χ3n) is 3.37. The molecule has 0 aliphatic carbocycles. The molecule has 0 amide bonds. The van der Waals surface area contributed by atoms with Gasteiger partial charge in [-0.15, -0.1) is 0 Å². The van der Waals surface area contributed by atoms with Gasteiger partial charge in [0, 0.05) is 18.2 Å². The second-order valence-electron chi connectivity index (χ2n) is 5.23. The molecule has 20 heavy (non-hydrogen) atoms. The maximum absolute atomic E-state index is 13.6. The molecular weight excluding hydrogens is 256 g/mol. The van der Waals surface area contributed by atoms with E-state index in [0.717, 1.165) is 11.6 Å². The Hall–Kier alpha value is -1.74. The normalized spacial score (nSPS) is 12.7. The van der Waals surface area contributed by atoms with E-state index >= 15 is 0 Å². The van der Waals surface area contributed by atoms with E-state index in [4.69, 9.17) is 0 Å². The van der Waals surface area contributed by atoms with E-state index in [0.29, 0.717) is 18.0 Å². The Morgan fingerprint density at radius 2 is 1.65 bits per heavy atom. The van der Waals surface area contributed by atoms with Crippen LogP contribution in [0.1, 0.15) is 31.0 Å².